The molecule has 10 aromatic rings. The quantitative estimate of drug-likeness (QED) is 0.169. The fraction of sp³-hybridized carbons (Fsp3) is 0.0172. The Morgan fingerprint density at radius 1 is 0.213 bits per heavy atom. The van der Waals surface area contributed by atoms with Crippen molar-refractivity contribution in [2.45, 2.75) is 5.41 Å². The molecule has 0 unspecified atom stereocenters. The van der Waals surface area contributed by atoms with Crippen molar-refractivity contribution in [1.29, 1.82) is 0 Å². The second-order valence-corrected chi connectivity index (χ2v) is 15.9. The molecule has 9 aromatic carbocycles. The lowest BCUT2D eigenvalue weighted by molar-refractivity contribution is 0.794. The lowest BCUT2D eigenvalue weighted by Crippen LogP contribution is -2.25. The second-order valence-electron chi connectivity index (χ2n) is 15.9. The molecule has 0 saturated carbocycles. The van der Waals surface area contributed by atoms with Gasteiger partial charge in [-0.1, -0.05) is 200 Å². The van der Waals surface area contributed by atoms with Gasteiger partial charge in [0.15, 0.2) is 17.5 Å². The molecule has 12 rings (SSSR count). The van der Waals surface area contributed by atoms with Crippen LogP contribution in [0.5, 0.6) is 0 Å². The van der Waals surface area contributed by atoms with Gasteiger partial charge >= 0.3 is 0 Å². The van der Waals surface area contributed by atoms with E-state index in [0.717, 1.165) is 50.1 Å². The molecule has 3 heteroatoms. The third-order valence-electron chi connectivity index (χ3n) is 12.5. The highest BCUT2D eigenvalue weighted by atomic mass is 15.0. The maximum atomic E-state index is 5.21. The highest BCUT2D eigenvalue weighted by Crippen LogP contribution is 2.63. The minimum Gasteiger partial charge on any atom is -0.208 e. The Labute approximate surface area is 355 Å². The minimum absolute atomic E-state index is 0.368. The zero-order valence-electron chi connectivity index (χ0n) is 33.2. The molecule has 0 radical (unpaired) electrons. The van der Waals surface area contributed by atoms with Crippen LogP contribution in [-0.2, 0) is 5.41 Å². The molecule has 1 spiro atoms. The van der Waals surface area contributed by atoms with Crippen LogP contribution in [0.4, 0.5) is 0 Å². The monoisotopic (exact) mass is 775 g/mol. The van der Waals surface area contributed by atoms with Gasteiger partial charge in [0.05, 0.1) is 5.41 Å². The average molecular weight is 776 g/mol. The second kappa shape index (κ2) is 14.1. The standard InChI is InChI=1S/C58H37N3/c1-3-16-38(17-4-1)40-20-13-23-44(34-40)55-59-56(45-24-14-21-41(35-45)39-18-5-2-6-19-39)61-57(60-55)46-25-15-22-42(36-46)43-32-33-54-50(37-43)49-28-9-12-31-53(49)58(54)51-29-10-7-26-47(51)48-27-8-11-30-52(48)58/h1-37H. The maximum Gasteiger partial charge on any atom is 0.164 e. The summed E-state index contributed by atoms with van der Waals surface area (Å²) in [6.07, 6.45) is 0. The topological polar surface area (TPSA) is 38.7 Å². The van der Waals surface area contributed by atoms with Crippen LogP contribution >= 0.6 is 0 Å². The van der Waals surface area contributed by atoms with Gasteiger partial charge in [0.1, 0.15) is 0 Å². The van der Waals surface area contributed by atoms with E-state index in [1.54, 1.807) is 0 Å². The molecule has 0 bridgehead atoms. The van der Waals surface area contributed by atoms with E-state index in [1.165, 1.54) is 44.5 Å². The van der Waals surface area contributed by atoms with E-state index in [0.29, 0.717) is 17.5 Å². The fourth-order valence-corrected chi connectivity index (χ4v) is 9.82. The van der Waals surface area contributed by atoms with Gasteiger partial charge < -0.3 is 0 Å². The number of nitrogens with zero attached hydrogens (tertiary/aromatic N) is 3. The lowest BCUT2D eigenvalue weighted by Gasteiger charge is -2.30. The Morgan fingerprint density at radius 3 is 0.967 bits per heavy atom. The third kappa shape index (κ3) is 5.62. The molecule has 2 aliphatic rings. The summed E-state index contributed by atoms with van der Waals surface area (Å²) in [6, 6.07) is 80.4. The zero-order valence-corrected chi connectivity index (χ0v) is 33.2. The highest BCUT2D eigenvalue weighted by molar-refractivity contribution is 5.96. The number of hydrogen-bond donors (Lipinski definition) is 0. The van der Waals surface area contributed by atoms with E-state index < -0.39 is 0 Å². The van der Waals surface area contributed by atoms with Gasteiger partial charge in [-0.3, -0.25) is 0 Å². The molecule has 0 fully saturated rings. The van der Waals surface area contributed by atoms with E-state index >= 15 is 0 Å². The Morgan fingerprint density at radius 2 is 0.525 bits per heavy atom. The predicted molar refractivity (Wildman–Crippen MR) is 249 cm³/mol. The Kier molecular flexibility index (Phi) is 8.07. The summed E-state index contributed by atoms with van der Waals surface area (Å²) < 4.78 is 0. The van der Waals surface area contributed by atoms with Crippen LogP contribution in [0.3, 0.4) is 0 Å². The largest absolute Gasteiger partial charge is 0.208 e. The van der Waals surface area contributed by atoms with E-state index in [2.05, 4.69) is 212 Å². The summed E-state index contributed by atoms with van der Waals surface area (Å²) in [6.45, 7) is 0. The normalized spacial score (nSPS) is 12.7. The number of benzene rings is 9. The summed E-state index contributed by atoms with van der Waals surface area (Å²) in [5, 5.41) is 0. The van der Waals surface area contributed by atoms with Crippen molar-refractivity contribution >= 4 is 0 Å². The molecule has 2 aliphatic carbocycles. The molecule has 0 N–H and O–H groups in total. The molecular weight excluding hydrogens is 739 g/mol. The first-order valence-corrected chi connectivity index (χ1v) is 20.8. The molecule has 0 aliphatic heterocycles. The summed E-state index contributed by atoms with van der Waals surface area (Å²) in [7, 11) is 0. The van der Waals surface area contributed by atoms with Gasteiger partial charge in [-0.2, -0.15) is 0 Å². The van der Waals surface area contributed by atoms with E-state index in [9.17, 15) is 0 Å². The number of aromatic nitrogens is 3. The first-order valence-electron chi connectivity index (χ1n) is 20.8. The Hall–Kier alpha value is -8.01. The molecule has 0 amide bonds. The van der Waals surface area contributed by atoms with Gasteiger partial charge in [-0.15, -0.1) is 0 Å². The number of hydrogen-bond acceptors (Lipinski definition) is 3. The lowest BCUT2D eigenvalue weighted by atomic mass is 9.70. The molecule has 1 aromatic heterocycles. The van der Waals surface area contributed by atoms with Gasteiger partial charge in [0.2, 0.25) is 0 Å². The summed E-state index contributed by atoms with van der Waals surface area (Å²) >= 11 is 0. The molecular formula is C58H37N3. The molecule has 61 heavy (non-hydrogen) atoms. The van der Waals surface area contributed by atoms with E-state index in [4.69, 9.17) is 15.0 Å². The zero-order chi connectivity index (χ0) is 40.3. The molecule has 0 atom stereocenters. The Bertz CT molecular complexity index is 3170. The Balaban J connectivity index is 0.996. The van der Waals surface area contributed by atoms with Crippen molar-refractivity contribution in [2.75, 3.05) is 0 Å². The molecule has 1 heterocycles. The van der Waals surface area contributed by atoms with Crippen LogP contribution in [0, 0.1) is 0 Å². The SMILES string of the molecule is c1ccc(-c2cccc(-c3nc(-c4cccc(-c5ccccc5)c4)nc(-c4cccc(-c5ccc6c(c5)-c5ccccc5C65c6ccccc6-c6ccccc65)c4)n3)c2)cc1. The van der Waals surface area contributed by atoms with Crippen molar-refractivity contribution < 1.29 is 0 Å². The van der Waals surface area contributed by atoms with Gasteiger partial charge in [0, 0.05) is 16.7 Å². The van der Waals surface area contributed by atoms with Crippen molar-refractivity contribution in [3.8, 4) is 89.8 Å². The summed E-state index contributed by atoms with van der Waals surface area (Å²) in [5.74, 6) is 1.89. The van der Waals surface area contributed by atoms with Crippen LogP contribution in [0.1, 0.15) is 22.3 Å². The van der Waals surface area contributed by atoms with Crippen molar-refractivity contribution in [2.24, 2.45) is 0 Å². The number of fused-ring (bicyclic) bond motifs is 10. The van der Waals surface area contributed by atoms with Crippen LogP contribution in [0.2, 0.25) is 0 Å². The van der Waals surface area contributed by atoms with E-state index in [1.807, 2.05) is 12.1 Å². The van der Waals surface area contributed by atoms with Gasteiger partial charge in [-0.25, -0.2) is 15.0 Å². The van der Waals surface area contributed by atoms with Gasteiger partial charge in [0.25, 0.3) is 0 Å². The fourth-order valence-electron chi connectivity index (χ4n) is 9.82. The van der Waals surface area contributed by atoms with Crippen LogP contribution in [0.25, 0.3) is 89.8 Å². The minimum atomic E-state index is -0.368. The smallest absolute Gasteiger partial charge is 0.164 e. The average Bonchev–Trinajstić information content (AvgIpc) is 3.82. The van der Waals surface area contributed by atoms with E-state index in [-0.39, 0.29) is 5.41 Å². The first kappa shape index (κ1) is 35.0. The molecule has 3 nitrogen and oxygen atoms in total. The van der Waals surface area contributed by atoms with Crippen molar-refractivity contribution in [3.63, 3.8) is 0 Å². The molecule has 284 valence electrons. The van der Waals surface area contributed by atoms with Crippen LogP contribution < -0.4 is 0 Å². The maximum absolute atomic E-state index is 5.21. The van der Waals surface area contributed by atoms with Crippen LogP contribution in [0.15, 0.2) is 224 Å². The number of rotatable bonds is 6. The summed E-state index contributed by atoms with van der Waals surface area (Å²) in [5.41, 5.74) is 19.7. The molecule has 0 saturated heterocycles. The summed E-state index contributed by atoms with van der Waals surface area (Å²) in [4.78, 5) is 15.6. The third-order valence-corrected chi connectivity index (χ3v) is 12.5. The first-order chi connectivity index (χ1) is 30.2. The predicted octanol–water partition coefficient (Wildman–Crippen LogP) is 14.2. The van der Waals surface area contributed by atoms with Gasteiger partial charge in [-0.05, 0) is 102 Å². The van der Waals surface area contributed by atoms with Crippen LogP contribution in [-0.4, -0.2) is 15.0 Å². The highest BCUT2D eigenvalue weighted by Gasteiger charge is 2.51. The van der Waals surface area contributed by atoms with Crippen molar-refractivity contribution in [1.82, 2.24) is 15.0 Å². The van der Waals surface area contributed by atoms with Crippen molar-refractivity contribution in [3.05, 3.63) is 247 Å².